The molecule has 0 aliphatic carbocycles. The van der Waals surface area contributed by atoms with Gasteiger partial charge in [-0.05, 0) is 20.8 Å². The molecule has 6 nitrogen and oxygen atoms in total. The molecule has 2 amide bonds. The van der Waals surface area contributed by atoms with Crippen molar-refractivity contribution in [3.8, 4) is 0 Å². The Morgan fingerprint density at radius 3 is 2.75 bits per heavy atom. The van der Waals surface area contributed by atoms with Crippen LogP contribution in [0.25, 0.3) is 0 Å². The Labute approximate surface area is 94.6 Å². The largest absolute Gasteiger partial charge is 0.465 e. The van der Waals surface area contributed by atoms with Gasteiger partial charge in [-0.3, -0.25) is 9.69 Å². The first-order valence-corrected chi connectivity index (χ1v) is 5.22. The lowest BCUT2D eigenvalue weighted by atomic mass is 10.1. The number of piperazine rings is 1. The van der Waals surface area contributed by atoms with Crippen LogP contribution < -0.4 is 5.32 Å². The molecular weight excluding hydrogens is 212 g/mol. The van der Waals surface area contributed by atoms with E-state index < -0.39 is 12.1 Å². The molecule has 0 radical (unpaired) electrons. The van der Waals surface area contributed by atoms with Gasteiger partial charge in [0, 0.05) is 13.1 Å². The molecule has 6 heteroatoms. The van der Waals surface area contributed by atoms with Crippen molar-refractivity contribution in [2.24, 2.45) is 0 Å². The van der Waals surface area contributed by atoms with Crippen LogP contribution in [0.1, 0.15) is 20.8 Å². The third-order valence-electron chi connectivity index (χ3n) is 2.25. The van der Waals surface area contributed by atoms with Crippen LogP contribution >= 0.6 is 0 Å². The van der Waals surface area contributed by atoms with Crippen LogP contribution in [0, 0.1) is 0 Å². The van der Waals surface area contributed by atoms with E-state index in [2.05, 4.69) is 5.32 Å². The summed E-state index contributed by atoms with van der Waals surface area (Å²) in [4.78, 5) is 23.6. The summed E-state index contributed by atoms with van der Waals surface area (Å²) in [6.45, 7) is 6.33. The second kappa shape index (κ2) is 4.69. The van der Waals surface area contributed by atoms with Gasteiger partial charge in [0.25, 0.3) is 0 Å². The van der Waals surface area contributed by atoms with E-state index in [1.807, 2.05) is 20.8 Å². The van der Waals surface area contributed by atoms with Gasteiger partial charge in [-0.25, -0.2) is 4.79 Å². The van der Waals surface area contributed by atoms with Gasteiger partial charge in [0.05, 0.1) is 12.2 Å². The maximum atomic E-state index is 11.5. The average Bonchev–Trinajstić information content (AvgIpc) is 2.13. The van der Waals surface area contributed by atoms with E-state index in [-0.39, 0.29) is 18.1 Å². The Kier molecular flexibility index (Phi) is 3.74. The molecule has 2 N–H and O–H groups in total. The van der Waals surface area contributed by atoms with Gasteiger partial charge in [-0.1, -0.05) is 0 Å². The van der Waals surface area contributed by atoms with E-state index in [9.17, 15) is 9.59 Å². The van der Waals surface area contributed by atoms with Crippen molar-refractivity contribution in [3.05, 3.63) is 0 Å². The lowest BCUT2D eigenvalue weighted by Gasteiger charge is -2.34. The monoisotopic (exact) mass is 230 g/mol. The predicted molar refractivity (Wildman–Crippen MR) is 57.2 cm³/mol. The van der Waals surface area contributed by atoms with E-state index in [0.717, 1.165) is 4.90 Å². The average molecular weight is 230 g/mol. The Hall–Kier alpha value is -1.30. The molecule has 0 aromatic heterocycles. The van der Waals surface area contributed by atoms with E-state index in [0.29, 0.717) is 13.1 Å². The van der Waals surface area contributed by atoms with Crippen molar-refractivity contribution in [1.29, 1.82) is 0 Å². The topological polar surface area (TPSA) is 78.9 Å². The second-order valence-electron chi connectivity index (χ2n) is 4.71. The minimum absolute atomic E-state index is 0.0850. The van der Waals surface area contributed by atoms with E-state index in [1.165, 1.54) is 0 Å². The molecule has 0 unspecified atom stereocenters. The maximum absolute atomic E-state index is 11.5. The Bertz CT molecular complexity index is 285. The maximum Gasteiger partial charge on any atom is 0.408 e. The molecule has 0 saturated carbocycles. The molecule has 1 aliphatic rings. The van der Waals surface area contributed by atoms with Gasteiger partial charge in [-0.15, -0.1) is 0 Å². The summed E-state index contributed by atoms with van der Waals surface area (Å²) in [6, 6.07) is -0.745. The quantitative estimate of drug-likeness (QED) is 0.714. The van der Waals surface area contributed by atoms with Gasteiger partial charge in [0.2, 0.25) is 5.91 Å². The van der Waals surface area contributed by atoms with Gasteiger partial charge in [-0.2, -0.15) is 0 Å². The number of hydrogen-bond acceptors (Lipinski definition) is 3. The SMILES string of the molecule is CC(C)(C)OC[C@@H]1C(=O)NCCN1C(=O)O. The number of nitrogens with zero attached hydrogens (tertiary/aromatic N) is 1. The molecular formula is C10H18N2O4. The smallest absolute Gasteiger partial charge is 0.408 e. The number of amides is 2. The second-order valence-corrected chi connectivity index (χ2v) is 4.71. The van der Waals surface area contributed by atoms with Crippen molar-refractivity contribution >= 4 is 12.0 Å². The van der Waals surface area contributed by atoms with Crippen LogP contribution in [0.3, 0.4) is 0 Å². The molecule has 0 bridgehead atoms. The molecule has 1 heterocycles. The van der Waals surface area contributed by atoms with Gasteiger partial charge < -0.3 is 15.2 Å². The summed E-state index contributed by atoms with van der Waals surface area (Å²) in [5.41, 5.74) is -0.387. The first-order valence-electron chi connectivity index (χ1n) is 5.22. The highest BCUT2D eigenvalue weighted by Gasteiger charge is 2.34. The number of carboxylic acid groups (broad SMARTS) is 1. The fraction of sp³-hybridized carbons (Fsp3) is 0.800. The van der Waals surface area contributed by atoms with Crippen molar-refractivity contribution in [2.75, 3.05) is 19.7 Å². The first kappa shape index (κ1) is 12.8. The number of nitrogens with one attached hydrogen (secondary N) is 1. The highest BCUT2D eigenvalue weighted by molar-refractivity contribution is 5.86. The summed E-state index contributed by atoms with van der Waals surface area (Å²) in [6.07, 6.45) is -1.09. The van der Waals surface area contributed by atoms with Gasteiger partial charge in [0.15, 0.2) is 0 Å². The summed E-state index contributed by atoms with van der Waals surface area (Å²) in [5, 5.41) is 11.6. The molecule has 16 heavy (non-hydrogen) atoms. The Balaban J connectivity index is 2.64. The lowest BCUT2D eigenvalue weighted by Crippen LogP contribution is -2.59. The summed E-state index contributed by atoms with van der Waals surface area (Å²) < 4.78 is 5.45. The van der Waals surface area contributed by atoms with E-state index >= 15 is 0 Å². The molecule has 0 aromatic carbocycles. The Morgan fingerprint density at radius 1 is 1.62 bits per heavy atom. The highest BCUT2D eigenvalue weighted by Crippen LogP contribution is 2.12. The lowest BCUT2D eigenvalue weighted by molar-refractivity contribution is -0.133. The van der Waals surface area contributed by atoms with Crippen LogP contribution in [0.4, 0.5) is 4.79 Å². The van der Waals surface area contributed by atoms with Crippen molar-refractivity contribution in [3.63, 3.8) is 0 Å². The van der Waals surface area contributed by atoms with E-state index in [1.54, 1.807) is 0 Å². The number of hydrogen-bond donors (Lipinski definition) is 2. The minimum atomic E-state index is -1.09. The molecule has 0 spiro atoms. The molecule has 1 aliphatic heterocycles. The zero-order chi connectivity index (χ0) is 12.3. The minimum Gasteiger partial charge on any atom is -0.465 e. The molecule has 1 atom stereocenters. The number of ether oxygens (including phenoxy) is 1. The third kappa shape index (κ3) is 3.37. The van der Waals surface area contributed by atoms with Crippen LogP contribution in [0.15, 0.2) is 0 Å². The van der Waals surface area contributed by atoms with Gasteiger partial charge in [0.1, 0.15) is 6.04 Å². The Morgan fingerprint density at radius 2 is 2.25 bits per heavy atom. The molecule has 0 aromatic rings. The molecule has 1 saturated heterocycles. The first-order chi connectivity index (χ1) is 7.31. The van der Waals surface area contributed by atoms with Crippen LogP contribution in [-0.4, -0.2) is 53.3 Å². The number of carbonyl (C=O) groups excluding carboxylic acids is 1. The molecule has 1 rings (SSSR count). The molecule has 1 fully saturated rings. The summed E-state index contributed by atoms with van der Waals surface area (Å²) in [7, 11) is 0. The van der Waals surface area contributed by atoms with Gasteiger partial charge >= 0.3 is 6.09 Å². The summed E-state index contributed by atoms with van der Waals surface area (Å²) in [5.74, 6) is -0.294. The van der Waals surface area contributed by atoms with Crippen molar-refractivity contribution in [2.45, 2.75) is 32.4 Å². The van der Waals surface area contributed by atoms with Crippen LogP contribution in [-0.2, 0) is 9.53 Å². The molecule has 92 valence electrons. The van der Waals surface area contributed by atoms with Crippen LogP contribution in [0.2, 0.25) is 0 Å². The predicted octanol–water partition coefficient (Wildman–Crippen LogP) is 0.280. The van der Waals surface area contributed by atoms with Crippen molar-refractivity contribution in [1.82, 2.24) is 10.2 Å². The fourth-order valence-corrected chi connectivity index (χ4v) is 1.44. The van der Waals surface area contributed by atoms with E-state index in [4.69, 9.17) is 9.84 Å². The fourth-order valence-electron chi connectivity index (χ4n) is 1.44. The highest BCUT2D eigenvalue weighted by atomic mass is 16.5. The third-order valence-corrected chi connectivity index (χ3v) is 2.25. The summed E-state index contributed by atoms with van der Waals surface area (Å²) >= 11 is 0. The van der Waals surface area contributed by atoms with Crippen molar-refractivity contribution < 1.29 is 19.4 Å². The number of carbonyl (C=O) groups is 2. The zero-order valence-corrected chi connectivity index (χ0v) is 9.82. The normalized spacial score (nSPS) is 21.8. The number of rotatable bonds is 2. The standard InChI is InChI=1S/C10H18N2O4/c1-10(2,3)16-6-7-8(13)11-4-5-12(7)9(14)15/h7H,4-6H2,1-3H3,(H,11,13)(H,14,15)/t7-/m1/s1. The van der Waals surface area contributed by atoms with Crippen LogP contribution in [0.5, 0.6) is 0 Å². The zero-order valence-electron chi connectivity index (χ0n) is 9.82.